The second-order valence-corrected chi connectivity index (χ2v) is 8.03. The monoisotopic (exact) mass is 405 g/mol. The van der Waals surface area contributed by atoms with Crippen LogP contribution in [0.15, 0.2) is 36.4 Å². The molecule has 0 fully saturated rings. The van der Waals surface area contributed by atoms with Crippen molar-refractivity contribution in [2.75, 3.05) is 7.11 Å². The SMILES string of the molecule is COc1ccc2c(c1)CCCCC2n1nc(C)c(-c2ccc(C#N)c(Cl)c2)c1C. The van der Waals surface area contributed by atoms with Gasteiger partial charge in [0.25, 0.3) is 0 Å². The van der Waals surface area contributed by atoms with Crippen LogP contribution in [0, 0.1) is 25.2 Å². The molecule has 0 aliphatic heterocycles. The first kappa shape index (κ1) is 19.5. The number of fused-ring (bicyclic) bond motifs is 1. The third-order valence-corrected chi connectivity index (χ3v) is 6.19. The summed E-state index contributed by atoms with van der Waals surface area (Å²) in [5, 5.41) is 14.6. The van der Waals surface area contributed by atoms with Crippen LogP contribution in [0.1, 0.15) is 53.4 Å². The molecule has 0 saturated carbocycles. The number of rotatable bonds is 3. The van der Waals surface area contributed by atoms with Gasteiger partial charge in [-0.1, -0.05) is 30.2 Å². The minimum atomic E-state index is 0.208. The third kappa shape index (κ3) is 3.52. The summed E-state index contributed by atoms with van der Waals surface area (Å²) in [6.07, 6.45) is 4.47. The van der Waals surface area contributed by atoms with Crippen LogP contribution >= 0.6 is 11.6 Å². The second-order valence-electron chi connectivity index (χ2n) is 7.62. The maximum absolute atomic E-state index is 9.16. The summed E-state index contributed by atoms with van der Waals surface area (Å²) in [5.41, 5.74) is 7.36. The molecule has 1 heterocycles. The first-order chi connectivity index (χ1) is 14.0. The van der Waals surface area contributed by atoms with Gasteiger partial charge in [0.15, 0.2) is 0 Å². The van der Waals surface area contributed by atoms with E-state index in [0.717, 1.165) is 47.5 Å². The number of benzene rings is 2. The lowest BCUT2D eigenvalue weighted by atomic mass is 9.98. The van der Waals surface area contributed by atoms with Gasteiger partial charge in [-0.15, -0.1) is 0 Å². The average Bonchev–Trinajstić information content (AvgIpc) is 2.89. The van der Waals surface area contributed by atoms with E-state index >= 15 is 0 Å². The van der Waals surface area contributed by atoms with Gasteiger partial charge >= 0.3 is 0 Å². The van der Waals surface area contributed by atoms with Gasteiger partial charge in [0.05, 0.1) is 29.4 Å². The molecule has 4 rings (SSSR count). The third-order valence-electron chi connectivity index (χ3n) is 5.88. The summed E-state index contributed by atoms with van der Waals surface area (Å²) in [5.74, 6) is 0.908. The Labute approximate surface area is 176 Å². The molecule has 1 unspecified atom stereocenters. The van der Waals surface area contributed by atoms with Gasteiger partial charge in [0.2, 0.25) is 0 Å². The van der Waals surface area contributed by atoms with Crippen molar-refractivity contribution in [2.45, 2.75) is 45.6 Å². The lowest BCUT2D eigenvalue weighted by molar-refractivity contribution is 0.413. The van der Waals surface area contributed by atoms with Crippen molar-refractivity contribution in [1.29, 1.82) is 5.26 Å². The number of nitrogens with zero attached hydrogens (tertiary/aromatic N) is 3. The van der Waals surface area contributed by atoms with E-state index in [0.29, 0.717) is 10.6 Å². The van der Waals surface area contributed by atoms with Crippen LogP contribution in [-0.2, 0) is 6.42 Å². The molecule has 0 amide bonds. The summed E-state index contributed by atoms with van der Waals surface area (Å²) in [7, 11) is 1.71. The number of hydrogen-bond acceptors (Lipinski definition) is 3. The van der Waals surface area contributed by atoms with Crippen molar-refractivity contribution >= 4 is 11.6 Å². The van der Waals surface area contributed by atoms with Crippen LogP contribution in [0.4, 0.5) is 0 Å². The molecule has 0 radical (unpaired) electrons. The Balaban J connectivity index is 1.81. The van der Waals surface area contributed by atoms with Crippen LogP contribution in [0.2, 0.25) is 5.02 Å². The molecule has 0 saturated heterocycles. The Kier molecular flexibility index (Phi) is 5.34. The highest BCUT2D eigenvalue weighted by molar-refractivity contribution is 6.32. The quantitative estimate of drug-likeness (QED) is 0.501. The molecule has 1 atom stereocenters. The van der Waals surface area contributed by atoms with Gasteiger partial charge < -0.3 is 4.74 Å². The normalized spacial score (nSPS) is 16.0. The fraction of sp³-hybridized carbons (Fsp3) is 0.333. The smallest absolute Gasteiger partial charge is 0.119 e. The number of halogens is 1. The van der Waals surface area contributed by atoms with Crippen LogP contribution in [0.3, 0.4) is 0 Å². The average molecular weight is 406 g/mol. The van der Waals surface area contributed by atoms with E-state index in [4.69, 9.17) is 26.7 Å². The van der Waals surface area contributed by atoms with Crippen molar-refractivity contribution in [1.82, 2.24) is 9.78 Å². The molecule has 0 spiro atoms. The molecule has 29 heavy (non-hydrogen) atoms. The molecule has 1 aromatic heterocycles. The zero-order chi connectivity index (χ0) is 20.5. The van der Waals surface area contributed by atoms with Gasteiger partial charge in [-0.2, -0.15) is 10.4 Å². The van der Waals surface area contributed by atoms with Crippen LogP contribution in [0.5, 0.6) is 5.75 Å². The highest BCUT2D eigenvalue weighted by atomic mass is 35.5. The van der Waals surface area contributed by atoms with E-state index in [1.54, 1.807) is 13.2 Å². The zero-order valence-corrected chi connectivity index (χ0v) is 17.8. The fourth-order valence-electron chi connectivity index (χ4n) is 4.46. The molecule has 1 aliphatic rings. The molecule has 0 bridgehead atoms. The molecule has 1 aliphatic carbocycles. The van der Waals surface area contributed by atoms with Gasteiger partial charge in [0.1, 0.15) is 11.8 Å². The van der Waals surface area contributed by atoms with Crippen LogP contribution in [0.25, 0.3) is 11.1 Å². The highest BCUT2D eigenvalue weighted by Gasteiger charge is 2.25. The van der Waals surface area contributed by atoms with E-state index in [2.05, 4.69) is 29.8 Å². The van der Waals surface area contributed by atoms with Crippen LogP contribution < -0.4 is 4.74 Å². The number of aromatic nitrogens is 2. The Morgan fingerprint density at radius 3 is 2.72 bits per heavy atom. The van der Waals surface area contributed by atoms with Crippen molar-refractivity contribution in [2.24, 2.45) is 0 Å². The van der Waals surface area contributed by atoms with E-state index in [1.807, 2.05) is 25.1 Å². The minimum Gasteiger partial charge on any atom is -0.497 e. The van der Waals surface area contributed by atoms with E-state index in [-0.39, 0.29) is 6.04 Å². The van der Waals surface area contributed by atoms with Crippen molar-refractivity contribution < 1.29 is 4.74 Å². The summed E-state index contributed by atoms with van der Waals surface area (Å²) in [6.45, 7) is 4.16. The molecular weight excluding hydrogens is 382 g/mol. The number of methoxy groups -OCH3 is 1. The first-order valence-corrected chi connectivity index (χ1v) is 10.3. The molecular formula is C24H24ClN3O. The number of ether oxygens (including phenoxy) is 1. The van der Waals surface area contributed by atoms with E-state index < -0.39 is 0 Å². The molecule has 2 aromatic carbocycles. The Morgan fingerprint density at radius 1 is 1.17 bits per heavy atom. The number of aryl methyl sites for hydroxylation is 2. The summed E-state index contributed by atoms with van der Waals surface area (Å²) in [4.78, 5) is 0. The van der Waals surface area contributed by atoms with Crippen LogP contribution in [-0.4, -0.2) is 16.9 Å². The number of hydrogen-bond donors (Lipinski definition) is 0. The molecule has 5 heteroatoms. The molecule has 3 aromatic rings. The van der Waals surface area contributed by atoms with E-state index in [1.165, 1.54) is 17.5 Å². The zero-order valence-electron chi connectivity index (χ0n) is 17.0. The summed E-state index contributed by atoms with van der Waals surface area (Å²) in [6, 6.07) is 14.3. The van der Waals surface area contributed by atoms with Gasteiger partial charge in [-0.05, 0) is 74.1 Å². The predicted molar refractivity (Wildman–Crippen MR) is 116 cm³/mol. The lowest BCUT2D eigenvalue weighted by Crippen LogP contribution is -2.14. The maximum Gasteiger partial charge on any atom is 0.119 e. The summed E-state index contributed by atoms with van der Waals surface area (Å²) < 4.78 is 7.61. The Hall–Kier alpha value is -2.77. The topological polar surface area (TPSA) is 50.8 Å². The maximum atomic E-state index is 9.16. The van der Waals surface area contributed by atoms with Crippen molar-refractivity contribution in [3.8, 4) is 22.9 Å². The summed E-state index contributed by atoms with van der Waals surface area (Å²) >= 11 is 6.30. The first-order valence-electron chi connectivity index (χ1n) is 9.96. The van der Waals surface area contributed by atoms with E-state index in [9.17, 15) is 0 Å². The fourth-order valence-corrected chi connectivity index (χ4v) is 4.68. The van der Waals surface area contributed by atoms with Gasteiger partial charge in [-0.25, -0.2) is 0 Å². The number of nitriles is 1. The molecule has 0 N–H and O–H groups in total. The van der Waals surface area contributed by atoms with Crippen molar-refractivity contribution in [3.63, 3.8) is 0 Å². The van der Waals surface area contributed by atoms with Crippen molar-refractivity contribution in [3.05, 3.63) is 69.5 Å². The molecule has 148 valence electrons. The Bertz CT molecular complexity index is 1110. The van der Waals surface area contributed by atoms with Gasteiger partial charge in [0, 0.05) is 11.3 Å². The predicted octanol–water partition coefficient (Wildman–Crippen LogP) is 6.02. The minimum absolute atomic E-state index is 0.208. The molecule has 4 nitrogen and oxygen atoms in total. The highest BCUT2D eigenvalue weighted by Crippen LogP contribution is 2.37. The second kappa shape index (κ2) is 7.93. The standard InChI is InChI=1S/C24H24ClN3O/c1-15-24(18-8-9-19(14-26)22(25)13-18)16(2)28(27-15)23-7-5-4-6-17-12-20(29-3)10-11-21(17)23/h8-13,23H,4-7H2,1-3H3. The lowest BCUT2D eigenvalue weighted by Gasteiger charge is -2.21. The Morgan fingerprint density at radius 2 is 2.00 bits per heavy atom. The van der Waals surface area contributed by atoms with Gasteiger partial charge in [-0.3, -0.25) is 4.68 Å². The largest absolute Gasteiger partial charge is 0.497 e.